The number of hydrogen-bond acceptors (Lipinski definition) is 5. The summed E-state index contributed by atoms with van der Waals surface area (Å²) < 4.78 is 1.85. The zero-order valence-corrected chi connectivity index (χ0v) is 13.3. The van der Waals surface area contributed by atoms with E-state index in [9.17, 15) is 0 Å². The molecular formula is C17H20N6. The molecule has 6 nitrogen and oxygen atoms in total. The number of rotatable bonds is 3. The summed E-state index contributed by atoms with van der Waals surface area (Å²) in [5.74, 6) is 0.468. The highest BCUT2D eigenvalue weighted by molar-refractivity contribution is 5.73. The Morgan fingerprint density at radius 2 is 1.87 bits per heavy atom. The van der Waals surface area contributed by atoms with E-state index in [0.29, 0.717) is 5.92 Å². The van der Waals surface area contributed by atoms with Crippen LogP contribution in [0.15, 0.2) is 36.8 Å². The number of aryl methyl sites for hydroxylation is 1. The van der Waals surface area contributed by atoms with E-state index < -0.39 is 0 Å². The SMILES string of the molecule is Cn1nc(C2CCN(Cc3ccccn3)CC2)c2nccnc21. The van der Waals surface area contributed by atoms with Gasteiger partial charge in [0.25, 0.3) is 0 Å². The van der Waals surface area contributed by atoms with Crippen molar-refractivity contribution in [3.8, 4) is 0 Å². The lowest BCUT2D eigenvalue weighted by molar-refractivity contribution is 0.201. The van der Waals surface area contributed by atoms with Crippen LogP contribution in [0.2, 0.25) is 0 Å². The Kier molecular flexibility index (Phi) is 3.75. The smallest absolute Gasteiger partial charge is 0.176 e. The quantitative estimate of drug-likeness (QED) is 0.742. The molecule has 0 saturated carbocycles. The zero-order valence-electron chi connectivity index (χ0n) is 13.3. The molecule has 4 heterocycles. The van der Waals surface area contributed by atoms with Gasteiger partial charge in [-0.25, -0.2) is 14.6 Å². The van der Waals surface area contributed by atoms with E-state index in [1.807, 2.05) is 30.1 Å². The number of pyridine rings is 1. The predicted molar refractivity (Wildman–Crippen MR) is 87.8 cm³/mol. The average Bonchev–Trinajstić information content (AvgIpc) is 2.94. The van der Waals surface area contributed by atoms with Crippen LogP contribution in [0.4, 0.5) is 0 Å². The molecule has 0 radical (unpaired) electrons. The van der Waals surface area contributed by atoms with Crippen molar-refractivity contribution in [2.75, 3.05) is 13.1 Å². The summed E-state index contributed by atoms with van der Waals surface area (Å²) in [5, 5.41) is 4.68. The van der Waals surface area contributed by atoms with Gasteiger partial charge in [-0.05, 0) is 38.1 Å². The van der Waals surface area contributed by atoms with Gasteiger partial charge in [0.2, 0.25) is 0 Å². The fourth-order valence-corrected chi connectivity index (χ4v) is 3.36. The first-order valence-electron chi connectivity index (χ1n) is 8.07. The lowest BCUT2D eigenvalue weighted by Crippen LogP contribution is -2.32. The summed E-state index contributed by atoms with van der Waals surface area (Å²) >= 11 is 0. The van der Waals surface area contributed by atoms with Crippen LogP contribution >= 0.6 is 0 Å². The Morgan fingerprint density at radius 1 is 1.04 bits per heavy atom. The number of nitrogens with zero attached hydrogens (tertiary/aromatic N) is 6. The van der Waals surface area contributed by atoms with Gasteiger partial charge in [0.05, 0.1) is 11.4 Å². The number of piperidine rings is 1. The van der Waals surface area contributed by atoms with Crippen LogP contribution in [0.5, 0.6) is 0 Å². The van der Waals surface area contributed by atoms with Gasteiger partial charge in [-0.3, -0.25) is 9.88 Å². The Bertz CT molecular complexity index is 789. The highest BCUT2D eigenvalue weighted by Crippen LogP contribution is 2.31. The number of likely N-dealkylation sites (tertiary alicyclic amines) is 1. The molecule has 1 aliphatic heterocycles. The molecule has 6 heteroatoms. The van der Waals surface area contributed by atoms with Crippen molar-refractivity contribution in [2.45, 2.75) is 25.3 Å². The molecular weight excluding hydrogens is 288 g/mol. The molecule has 0 amide bonds. The molecule has 1 saturated heterocycles. The third-order valence-electron chi connectivity index (χ3n) is 4.57. The van der Waals surface area contributed by atoms with Gasteiger partial charge in [-0.2, -0.15) is 5.10 Å². The minimum Gasteiger partial charge on any atom is -0.297 e. The maximum atomic E-state index is 4.68. The summed E-state index contributed by atoms with van der Waals surface area (Å²) in [6.45, 7) is 3.06. The number of aromatic nitrogens is 5. The largest absolute Gasteiger partial charge is 0.297 e. The second kappa shape index (κ2) is 6.04. The van der Waals surface area contributed by atoms with E-state index in [0.717, 1.165) is 55.0 Å². The van der Waals surface area contributed by atoms with Crippen LogP contribution in [0.1, 0.15) is 30.1 Å². The molecule has 0 N–H and O–H groups in total. The van der Waals surface area contributed by atoms with Crippen LogP contribution in [-0.4, -0.2) is 42.7 Å². The summed E-state index contributed by atoms with van der Waals surface area (Å²) in [7, 11) is 1.94. The molecule has 0 unspecified atom stereocenters. The standard InChI is InChI=1S/C17H20N6/c1-22-17-16(19-8-9-20-17)15(21-22)13-5-10-23(11-6-13)12-14-4-2-3-7-18-14/h2-4,7-9,13H,5-6,10-12H2,1H3. The lowest BCUT2D eigenvalue weighted by atomic mass is 9.93. The van der Waals surface area contributed by atoms with E-state index in [2.05, 4.69) is 31.0 Å². The first-order valence-corrected chi connectivity index (χ1v) is 8.07. The van der Waals surface area contributed by atoms with Crippen LogP contribution in [0, 0.1) is 0 Å². The van der Waals surface area contributed by atoms with Gasteiger partial charge in [-0.15, -0.1) is 0 Å². The monoisotopic (exact) mass is 308 g/mol. The third-order valence-corrected chi connectivity index (χ3v) is 4.57. The first kappa shape index (κ1) is 14.3. The van der Waals surface area contributed by atoms with Crippen LogP contribution in [0.3, 0.4) is 0 Å². The minimum atomic E-state index is 0.468. The highest BCUT2D eigenvalue weighted by atomic mass is 15.3. The Morgan fingerprint density at radius 3 is 2.65 bits per heavy atom. The summed E-state index contributed by atoms with van der Waals surface area (Å²) in [4.78, 5) is 15.8. The van der Waals surface area contributed by atoms with Gasteiger partial charge in [0.1, 0.15) is 5.52 Å². The predicted octanol–water partition coefficient (Wildman–Crippen LogP) is 2.14. The van der Waals surface area contributed by atoms with Crippen LogP contribution < -0.4 is 0 Å². The Labute approximate surface area is 135 Å². The van der Waals surface area contributed by atoms with E-state index in [4.69, 9.17) is 0 Å². The van der Waals surface area contributed by atoms with Gasteiger partial charge in [0.15, 0.2) is 5.65 Å². The third kappa shape index (κ3) is 2.82. The molecule has 0 spiro atoms. The van der Waals surface area contributed by atoms with Crippen molar-refractivity contribution in [1.29, 1.82) is 0 Å². The second-order valence-corrected chi connectivity index (χ2v) is 6.11. The molecule has 3 aromatic heterocycles. The normalized spacial score (nSPS) is 16.9. The van der Waals surface area contributed by atoms with Gasteiger partial charge in [-0.1, -0.05) is 6.07 Å². The van der Waals surface area contributed by atoms with Crippen molar-refractivity contribution in [1.82, 2.24) is 29.6 Å². The van der Waals surface area contributed by atoms with Crippen LogP contribution in [0.25, 0.3) is 11.2 Å². The maximum Gasteiger partial charge on any atom is 0.176 e. The summed E-state index contributed by atoms with van der Waals surface area (Å²) in [6.07, 6.45) is 7.55. The van der Waals surface area contributed by atoms with E-state index in [-0.39, 0.29) is 0 Å². The van der Waals surface area contributed by atoms with Gasteiger partial charge < -0.3 is 0 Å². The molecule has 0 aliphatic carbocycles. The highest BCUT2D eigenvalue weighted by Gasteiger charge is 2.25. The van der Waals surface area contributed by atoms with E-state index in [1.54, 1.807) is 12.4 Å². The zero-order chi connectivity index (χ0) is 15.6. The van der Waals surface area contributed by atoms with Crippen LogP contribution in [-0.2, 0) is 13.6 Å². The minimum absolute atomic E-state index is 0.468. The average molecular weight is 308 g/mol. The van der Waals surface area contributed by atoms with E-state index in [1.165, 1.54) is 0 Å². The summed E-state index contributed by atoms with van der Waals surface area (Å²) in [6, 6.07) is 6.10. The number of hydrogen-bond donors (Lipinski definition) is 0. The molecule has 23 heavy (non-hydrogen) atoms. The Hall–Kier alpha value is -2.34. The molecule has 4 rings (SSSR count). The maximum absolute atomic E-state index is 4.68. The van der Waals surface area contributed by atoms with Crippen molar-refractivity contribution in [3.05, 3.63) is 48.2 Å². The topological polar surface area (TPSA) is 59.7 Å². The van der Waals surface area contributed by atoms with Crippen molar-refractivity contribution in [3.63, 3.8) is 0 Å². The number of fused-ring (bicyclic) bond motifs is 1. The molecule has 0 atom stereocenters. The second-order valence-electron chi connectivity index (χ2n) is 6.11. The van der Waals surface area contributed by atoms with Crippen molar-refractivity contribution < 1.29 is 0 Å². The molecule has 1 fully saturated rings. The van der Waals surface area contributed by atoms with Gasteiger partial charge >= 0.3 is 0 Å². The molecule has 0 aromatic carbocycles. The molecule has 118 valence electrons. The Balaban J connectivity index is 1.47. The fraction of sp³-hybridized carbons (Fsp3) is 0.412. The van der Waals surface area contributed by atoms with Crippen molar-refractivity contribution in [2.24, 2.45) is 7.05 Å². The summed E-state index contributed by atoms with van der Waals surface area (Å²) in [5.41, 5.74) is 4.07. The molecule has 0 bridgehead atoms. The first-order chi connectivity index (χ1) is 11.3. The van der Waals surface area contributed by atoms with Crippen molar-refractivity contribution >= 4 is 11.2 Å². The molecule has 1 aliphatic rings. The lowest BCUT2D eigenvalue weighted by Gasteiger charge is -2.30. The fourth-order valence-electron chi connectivity index (χ4n) is 3.36. The van der Waals surface area contributed by atoms with E-state index >= 15 is 0 Å². The molecule has 3 aromatic rings. The van der Waals surface area contributed by atoms with Gasteiger partial charge in [0, 0.05) is 38.1 Å².